The zero-order chi connectivity index (χ0) is 17.9. The Kier molecular flexibility index (Phi) is 4.39. The first kappa shape index (κ1) is 16.3. The van der Waals surface area contributed by atoms with Crippen LogP contribution in [0.15, 0.2) is 42.7 Å². The number of carbonyl (C=O) groups excluding carboxylic acids is 1. The van der Waals surface area contributed by atoms with Crippen LogP contribution in [0.4, 0.5) is 10.5 Å². The molecular weight excluding hydrogens is 330 g/mol. The minimum Gasteiger partial charge on any atom is -0.324 e. The van der Waals surface area contributed by atoms with Crippen LogP contribution in [-0.4, -0.2) is 49.0 Å². The van der Waals surface area contributed by atoms with Crippen LogP contribution in [0.25, 0.3) is 0 Å². The van der Waals surface area contributed by atoms with Gasteiger partial charge in [0.1, 0.15) is 5.82 Å². The maximum absolute atomic E-state index is 12.5. The second-order valence-electron chi connectivity index (χ2n) is 6.54. The predicted molar refractivity (Wildman–Crippen MR) is 96.8 cm³/mol. The van der Waals surface area contributed by atoms with Gasteiger partial charge in [-0.2, -0.15) is 10.2 Å². The van der Waals surface area contributed by atoms with Crippen molar-refractivity contribution >= 4 is 11.7 Å². The Balaban J connectivity index is 1.33. The number of carbonyl (C=O) groups is 1. The molecule has 0 saturated carbocycles. The van der Waals surface area contributed by atoms with E-state index in [1.807, 2.05) is 53.0 Å². The standard InChI is InChI=1S/C18H21N7O/c1-13-20-17(23-22-13)15-7-10-24(12-15)18(26)21-16-5-3-14(4-6-16)11-25-9-2-8-19-25/h2-6,8-9,15H,7,10-12H2,1H3,(H,21,26)(H,20,22,23). The number of likely N-dealkylation sites (tertiary alicyclic amines) is 1. The number of aromatic nitrogens is 5. The lowest BCUT2D eigenvalue weighted by Crippen LogP contribution is -2.32. The van der Waals surface area contributed by atoms with E-state index in [0.717, 1.165) is 29.3 Å². The summed E-state index contributed by atoms with van der Waals surface area (Å²) in [6.45, 7) is 3.94. The number of amides is 2. The van der Waals surface area contributed by atoms with Crippen molar-refractivity contribution < 1.29 is 4.79 Å². The minimum atomic E-state index is -0.0837. The van der Waals surface area contributed by atoms with Gasteiger partial charge in [0, 0.05) is 37.1 Å². The quantitative estimate of drug-likeness (QED) is 0.755. The first-order chi connectivity index (χ1) is 12.7. The van der Waals surface area contributed by atoms with Gasteiger partial charge >= 0.3 is 6.03 Å². The number of benzene rings is 1. The molecule has 8 heteroatoms. The second-order valence-corrected chi connectivity index (χ2v) is 6.54. The van der Waals surface area contributed by atoms with E-state index in [1.165, 1.54) is 0 Å². The molecule has 0 aliphatic carbocycles. The third kappa shape index (κ3) is 3.58. The van der Waals surface area contributed by atoms with Gasteiger partial charge in [0.05, 0.1) is 6.54 Å². The van der Waals surface area contributed by atoms with E-state index in [2.05, 4.69) is 25.6 Å². The van der Waals surface area contributed by atoms with E-state index in [4.69, 9.17) is 0 Å². The summed E-state index contributed by atoms with van der Waals surface area (Å²) >= 11 is 0. The number of nitrogens with zero attached hydrogens (tertiary/aromatic N) is 5. The van der Waals surface area contributed by atoms with Gasteiger partial charge in [-0.15, -0.1) is 0 Å². The molecule has 2 aromatic heterocycles. The molecule has 134 valence electrons. The van der Waals surface area contributed by atoms with Gasteiger partial charge in [0.15, 0.2) is 5.82 Å². The van der Waals surface area contributed by atoms with Gasteiger partial charge in [-0.05, 0) is 37.1 Å². The summed E-state index contributed by atoms with van der Waals surface area (Å²) in [6.07, 6.45) is 4.57. The normalized spacial score (nSPS) is 16.8. The van der Waals surface area contributed by atoms with Gasteiger partial charge in [0.25, 0.3) is 0 Å². The Hall–Kier alpha value is -3.16. The highest BCUT2D eigenvalue weighted by Crippen LogP contribution is 2.25. The smallest absolute Gasteiger partial charge is 0.321 e. The molecule has 1 aromatic carbocycles. The monoisotopic (exact) mass is 351 g/mol. The first-order valence-corrected chi connectivity index (χ1v) is 8.68. The molecule has 1 aliphatic heterocycles. The van der Waals surface area contributed by atoms with Crippen LogP contribution in [0.1, 0.15) is 29.6 Å². The summed E-state index contributed by atoms with van der Waals surface area (Å²) in [4.78, 5) is 18.7. The average molecular weight is 351 g/mol. The number of H-pyrrole nitrogens is 1. The molecule has 1 saturated heterocycles. The Morgan fingerprint density at radius 2 is 2.19 bits per heavy atom. The van der Waals surface area contributed by atoms with Crippen molar-refractivity contribution in [2.24, 2.45) is 0 Å². The van der Waals surface area contributed by atoms with Crippen LogP contribution in [0, 0.1) is 6.92 Å². The van der Waals surface area contributed by atoms with Crippen LogP contribution in [0.2, 0.25) is 0 Å². The molecule has 0 bridgehead atoms. The van der Waals surface area contributed by atoms with Crippen LogP contribution >= 0.6 is 0 Å². The molecule has 26 heavy (non-hydrogen) atoms. The lowest BCUT2D eigenvalue weighted by atomic mass is 10.1. The number of anilines is 1. The summed E-state index contributed by atoms with van der Waals surface area (Å²) < 4.78 is 1.86. The van der Waals surface area contributed by atoms with Gasteiger partial charge in [-0.25, -0.2) is 9.78 Å². The van der Waals surface area contributed by atoms with Crippen molar-refractivity contribution in [2.45, 2.75) is 25.8 Å². The van der Waals surface area contributed by atoms with Crippen LogP contribution in [-0.2, 0) is 6.54 Å². The molecule has 0 radical (unpaired) electrons. The van der Waals surface area contributed by atoms with Crippen LogP contribution < -0.4 is 5.32 Å². The van der Waals surface area contributed by atoms with Crippen molar-refractivity contribution in [3.63, 3.8) is 0 Å². The van der Waals surface area contributed by atoms with Crippen molar-refractivity contribution in [1.82, 2.24) is 29.9 Å². The van der Waals surface area contributed by atoms with Gasteiger partial charge in [-0.3, -0.25) is 9.78 Å². The fourth-order valence-electron chi connectivity index (χ4n) is 3.18. The summed E-state index contributed by atoms with van der Waals surface area (Å²) in [7, 11) is 0. The second kappa shape index (κ2) is 6.99. The maximum Gasteiger partial charge on any atom is 0.321 e. The zero-order valence-corrected chi connectivity index (χ0v) is 14.6. The summed E-state index contributed by atoms with van der Waals surface area (Å²) in [6, 6.07) is 9.66. The number of nitrogens with one attached hydrogen (secondary N) is 2. The molecule has 1 aliphatic rings. The zero-order valence-electron chi connectivity index (χ0n) is 14.6. The van der Waals surface area contributed by atoms with E-state index in [9.17, 15) is 4.79 Å². The van der Waals surface area contributed by atoms with Crippen molar-refractivity contribution in [2.75, 3.05) is 18.4 Å². The van der Waals surface area contributed by atoms with Crippen molar-refractivity contribution in [3.8, 4) is 0 Å². The average Bonchev–Trinajstić information content (AvgIpc) is 3.37. The Morgan fingerprint density at radius 3 is 2.88 bits per heavy atom. The molecule has 1 unspecified atom stereocenters. The minimum absolute atomic E-state index is 0.0837. The molecule has 0 spiro atoms. The number of hydrogen-bond donors (Lipinski definition) is 2. The maximum atomic E-state index is 12.5. The molecule has 8 nitrogen and oxygen atoms in total. The van der Waals surface area contributed by atoms with Gasteiger partial charge in [-0.1, -0.05) is 12.1 Å². The highest BCUT2D eigenvalue weighted by molar-refractivity contribution is 5.89. The highest BCUT2D eigenvalue weighted by Gasteiger charge is 2.29. The van der Waals surface area contributed by atoms with E-state index < -0.39 is 0 Å². The number of aromatic amines is 1. The van der Waals surface area contributed by atoms with Crippen molar-refractivity contribution in [1.29, 1.82) is 0 Å². The number of aryl methyl sites for hydroxylation is 1. The molecule has 3 aromatic rings. The molecule has 2 amide bonds. The predicted octanol–water partition coefficient (Wildman–Crippen LogP) is 2.38. The Bertz CT molecular complexity index is 869. The topological polar surface area (TPSA) is 91.7 Å². The lowest BCUT2D eigenvalue weighted by molar-refractivity contribution is 0.222. The largest absolute Gasteiger partial charge is 0.324 e. The van der Waals surface area contributed by atoms with Crippen LogP contribution in [0.5, 0.6) is 0 Å². The molecular formula is C18H21N7O. The third-order valence-corrected chi connectivity index (χ3v) is 4.56. The van der Waals surface area contributed by atoms with Crippen LogP contribution in [0.3, 0.4) is 0 Å². The van der Waals surface area contributed by atoms with Crippen molar-refractivity contribution in [3.05, 3.63) is 59.9 Å². The van der Waals surface area contributed by atoms with E-state index in [1.54, 1.807) is 6.20 Å². The van der Waals surface area contributed by atoms with E-state index >= 15 is 0 Å². The van der Waals surface area contributed by atoms with E-state index in [-0.39, 0.29) is 11.9 Å². The molecule has 4 rings (SSSR count). The fourth-order valence-corrected chi connectivity index (χ4v) is 3.18. The first-order valence-electron chi connectivity index (χ1n) is 8.68. The van der Waals surface area contributed by atoms with Gasteiger partial charge in [0.2, 0.25) is 0 Å². The molecule has 1 atom stereocenters. The Morgan fingerprint density at radius 1 is 1.35 bits per heavy atom. The fraction of sp³-hybridized carbons (Fsp3) is 0.333. The molecule has 1 fully saturated rings. The summed E-state index contributed by atoms with van der Waals surface area (Å²) in [5.74, 6) is 1.79. The van der Waals surface area contributed by atoms with E-state index in [0.29, 0.717) is 19.6 Å². The summed E-state index contributed by atoms with van der Waals surface area (Å²) in [5, 5.41) is 14.2. The number of urea groups is 1. The molecule has 3 heterocycles. The molecule has 2 N–H and O–H groups in total. The van der Waals surface area contributed by atoms with Gasteiger partial charge < -0.3 is 10.2 Å². The highest BCUT2D eigenvalue weighted by atomic mass is 16.2. The number of hydrogen-bond acceptors (Lipinski definition) is 4. The summed E-state index contributed by atoms with van der Waals surface area (Å²) in [5.41, 5.74) is 1.92. The third-order valence-electron chi connectivity index (χ3n) is 4.56. The lowest BCUT2D eigenvalue weighted by Gasteiger charge is -2.17. The number of rotatable bonds is 4. The Labute approximate surface area is 151 Å². The SMILES string of the molecule is Cc1nc(C2CCN(C(=O)Nc3ccc(Cn4cccn4)cc3)C2)n[nH]1.